The Morgan fingerprint density at radius 2 is 0.485 bits per heavy atom. The molecule has 27 heteroatoms. The molecule has 6 unspecified atom stereocenters. The summed E-state index contributed by atoms with van der Waals surface area (Å²) in [6.45, 7) is 14.8. The van der Waals surface area contributed by atoms with E-state index in [0.29, 0.717) is 77.0 Å². The molecule has 0 heterocycles. The third-order valence-corrected chi connectivity index (χ3v) is 25.8. The third kappa shape index (κ3) is 91.0. The summed E-state index contributed by atoms with van der Waals surface area (Å²) in [5, 5.41) is 10.8. The third-order valence-electron chi connectivity index (χ3n) is 23.8. The van der Waals surface area contributed by atoms with E-state index in [1.165, 1.54) is 128 Å². The normalized spacial score (nSPS) is 14.1. The first-order chi connectivity index (χ1) is 65.2. The zero-order valence-corrected chi connectivity index (χ0v) is 88.1. The van der Waals surface area contributed by atoms with Crippen LogP contribution in [0, 0.1) is 0 Å². The number of hydrogen-bond acceptors (Lipinski definition) is 19. The molecule has 0 bridgehead atoms. The second-order valence-corrected chi connectivity index (χ2v) is 39.9. The second kappa shape index (κ2) is 97.0. The van der Waals surface area contributed by atoms with E-state index >= 15 is 0 Å². The van der Waals surface area contributed by atoms with Crippen molar-refractivity contribution in [3.8, 4) is 0 Å². The van der Waals surface area contributed by atoms with E-state index in [1.807, 2.05) is 0 Å². The number of rotatable bonds is 102. The second-order valence-electron chi connectivity index (χ2n) is 37.0. The quantitative estimate of drug-likeness (QED) is 0.0108. The predicted octanol–water partition coefficient (Wildman–Crippen LogP) is 28.1. The molecule has 0 rings (SSSR count). The van der Waals surface area contributed by atoms with Crippen molar-refractivity contribution in [2.45, 2.75) is 529 Å². The number of ether oxygens (including phenoxy) is 6. The van der Waals surface area contributed by atoms with Gasteiger partial charge in [0.05, 0.1) is 77.8 Å². The van der Waals surface area contributed by atoms with E-state index in [-0.39, 0.29) is 89.1 Å². The lowest BCUT2D eigenvalue weighted by atomic mass is 10.0. The maximum absolute atomic E-state index is 14.2. The monoisotopic (exact) mass is 1940 g/mol. The summed E-state index contributed by atoms with van der Waals surface area (Å²) in [7, 11) is -9.75. The Labute approximate surface area is 816 Å². The number of allylic oxidation sites excluding steroid dienone is 8. The van der Waals surface area contributed by atoms with Crippen LogP contribution in [0.5, 0.6) is 0 Å². The van der Waals surface area contributed by atoms with Crippen LogP contribution in [-0.2, 0) is 84.4 Å². The summed E-state index contributed by atoms with van der Waals surface area (Å²) in [6, 6.07) is -2.78. The van der Waals surface area contributed by atoms with E-state index in [2.05, 4.69) is 125 Å². The molecule has 0 radical (unpaired) electrons. The number of phosphoric acid groups is 2. The molecule has 4 amide bonds. The minimum atomic E-state index is -4.88. The summed E-state index contributed by atoms with van der Waals surface area (Å²) >= 11 is 0. The lowest BCUT2D eigenvalue weighted by molar-refractivity contribution is -0.152. The highest BCUT2D eigenvalue weighted by molar-refractivity contribution is 7.47. The highest BCUT2D eigenvalue weighted by atomic mass is 31.2. The topological polar surface area (TPSA) is 335 Å². The first-order valence-electron chi connectivity index (χ1n) is 54.6. The number of urea groups is 1. The van der Waals surface area contributed by atoms with Crippen molar-refractivity contribution in [1.82, 2.24) is 21.3 Å². The van der Waals surface area contributed by atoms with Crippen molar-refractivity contribution >= 4 is 57.4 Å². The fourth-order valence-corrected chi connectivity index (χ4v) is 17.2. The van der Waals surface area contributed by atoms with Crippen LogP contribution >= 0.6 is 15.6 Å². The average molecular weight is 1940 g/mol. The molecule has 0 aliphatic carbocycles. The maximum atomic E-state index is 14.2. The Morgan fingerprint density at radius 1 is 0.261 bits per heavy atom. The number of amides is 4. The molecule has 0 aromatic rings. The Balaban J connectivity index is 6.56. The minimum absolute atomic E-state index is 0.133. The van der Waals surface area contributed by atoms with Crippen LogP contribution in [0.4, 0.5) is 4.79 Å². The Morgan fingerprint density at radius 3 is 0.746 bits per heavy atom. The van der Waals surface area contributed by atoms with Crippen molar-refractivity contribution in [3.63, 3.8) is 0 Å². The van der Waals surface area contributed by atoms with Gasteiger partial charge in [-0.2, -0.15) is 0 Å². The van der Waals surface area contributed by atoms with E-state index in [1.54, 1.807) is 0 Å². The molecular formula is C107H200N4O21P2. The van der Waals surface area contributed by atoms with Crippen molar-refractivity contribution in [1.29, 1.82) is 0 Å². The van der Waals surface area contributed by atoms with Crippen LogP contribution in [0.3, 0.4) is 0 Å². The molecule has 0 spiro atoms. The lowest BCUT2D eigenvalue weighted by Gasteiger charge is -2.23. The first kappa shape index (κ1) is 129. The van der Waals surface area contributed by atoms with E-state index in [9.17, 15) is 52.5 Å². The summed E-state index contributed by atoms with van der Waals surface area (Å²) in [5.41, 5.74) is 0. The van der Waals surface area contributed by atoms with Gasteiger partial charge in [-0.25, -0.2) is 13.9 Å². The van der Waals surface area contributed by atoms with Gasteiger partial charge in [0, 0.05) is 51.6 Å². The largest absolute Gasteiger partial charge is 0.472 e. The van der Waals surface area contributed by atoms with E-state index < -0.39 is 96.4 Å². The Bertz CT molecular complexity index is 2790. The number of unbranched alkanes of at least 4 members (excludes halogenated alkanes) is 44. The molecule has 134 heavy (non-hydrogen) atoms. The molecule has 0 fully saturated rings. The standard InChI is InChI=1S/C107H200N4O21P2/c1-9-17-25-33-39-45-51-59-67-75-99(131-105(116)79-71-63-55-49-43-37-29-21-13-5)89-101(112)110-95(91-123-85-81-97(73-65-57-31-23-15-7)129-103(114)77-69-61-53-47-41-35-27-19-11-3)93-127-133(119,120)125-87-83-108-107(118)109-84-88-126-134(121,122)128-94-96(92-124-86-82-98(74-66-58-32-24-16-8)130-104(115)78-70-62-54-48-42-36-28-20-12-4)111-102(113)90-100(76-68-60-52-46-40-34-26-18-10-2)132-106(117)80-72-64-56-50-44-38-30-22-14-6/h47-50,53-56,95-100H,9-46,51-52,57-94H2,1-8H3,(H,110,112)(H,111,113)(H,119,120)(H,121,122)(H2,108,109,118)/b53-47-,54-48-,55-49+,56-50+/t95?,96?,97-,98-,99?,100?/m1/s1. The molecule has 25 nitrogen and oxygen atoms in total. The number of nitrogens with one attached hydrogen (secondary N) is 4. The SMILES string of the molecule is CCCCCC/C=C\CCCC(=O)O[C@H](CCCCCCC)CCOCC(COP(=O)(O)OCCNC(=O)NCCOP(=O)(O)OCC(COCC[C@@H](CCCCCCC)OC(=O)CCC/C=C\CCCCCC)NC(=O)CC(CCCCCCCCCCC)OC(=O)CCC/C=C/CCCCCC)NC(=O)CC(CCCCCCCCCCC)OC(=O)CCC/C=C/CCCCCC. The maximum Gasteiger partial charge on any atom is 0.472 e. The van der Waals surface area contributed by atoms with Crippen molar-refractivity contribution in [2.24, 2.45) is 0 Å². The van der Waals surface area contributed by atoms with Gasteiger partial charge in [-0.15, -0.1) is 0 Å². The Hall–Kier alpha value is -4.81. The summed E-state index contributed by atoms with van der Waals surface area (Å²) < 4.78 is 85.3. The van der Waals surface area contributed by atoms with E-state index in [0.717, 1.165) is 205 Å². The number of hydrogen-bond donors (Lipinski definition) is 6. The minimum Gasteiger partial charge on any atom is -0.462 e. The molecule has 784 valence electrons. The molecule has 0 aliphatic rings. The van der Waals surface area contributed by atoms with Gasteiger partial charge in [0.1, 0.15) is 24.4 Å². The van der Waals surface area contributed by atoms with Gasteiger partial charge in [0.15, 0.2) is 0 Å². The molecule has 0 saturated heterocycles. The van der Waals surface area contributed by atoms with E-state index in [4.69, 9.17) is 46.5 Å². The fourth-order valence-electron chi connectivity index (χ4n) is 15.7. The Kier molecular flexibility index (Phi) is 93.6. The average Bonchev–Trinajstić information content (AvgIpc) is 0.900. The van der Waals surface area contributed by atoms with Gasteiger partial charge in [-0.3, -0.25) is 46.9 Å². The molecular weight excluding hydrogens is 1740 g/mol. The van der Waals surface area contributed by atoms with Crippen LogP contribution in [0.25, 0.3) is 0 Å². The zero-order chi connectivity index (χ0) is 98.2. The zero-order valence-electron chi connectivity index (χ0n) is 86.3. The highest BCUT2D eigenvalue weighted by Gasteiger charge is 2.30. The molecule has 0 aromatic heterocycles. The van der Waals surface area contributed by atoms with Crippen LogP contribution in [0.2, 0.25) is 0 Å². The van der Waals surface area contributed by atoms with Gasteiger partial charge in [-0.1, -0.05) is 335 Å². The van der Waals surface area contributed by atoms with Crippen LogP contribution in [0.1, 0.15) is 492 Å². The molecule has 8 atom stereocenters. The smallest absolute Gasteiger partial charge is 0.462 e. The summed E-state index contributed by atoms with van der Waals surface area (Å²) in [5.74, 6) is -2.26. The highest BCUT2D eigenvalue weighted by Crippen LogP contribution is 2.44. The van der Waals surface area contributed by atoms with Crippen LogP contribution in [0.15, 0.2) is 48.6 Å². The van der Waals surface area contributed by atoms with Gasteiger partial charge in [0.2, 0.25) is 11.8 Å². The van der Waals surface area contributed by atoms with Crippen molar-refractivity contribution < 1.29 is 99.0 Å². The van der Waals surface area contributed by atoms with Gasteiger partial charge >= 0.3 is 45.6 Å². The lowest BCUT2D eigenvalue weighted by Crippen LogP contribution is -2.43. The predicted molar refractivity (Wildman–Crippen MR) is 546 cm³/mol. The number of carbonyl (C=O) groups excluding carboxylic acids is 7. The summed E-state index contributed by atoms with van der Waals surface area (Å²) in [6.07, 6.45) is 77.3. The van der Waals surface area contributed by atoms with Crippen LogP contribution in [-0.4, -0.2) is 154 Å². The first-order valence-corrected chi connectivity index (χ1v) is 57.5. The number of carbonyl (C=O) groups is 7. The van der Waals surface area contributed by atoms with Gasteiger partial charge in [-0.05, 0) is 154 Å². The van der Waals surface area contributed by atoms with Gasteiger partial charge < -0.3 is 59.5 Å². The van der Waals surface area contributed by atoms with Crippen molar-refractivity contribution in [3.05, 3.63) is 48.6 Å². The number of esters is 4. The number of phosphoric ester groups is 2. The molecule has 6 N–H and O–H groups in total. The summed E-state index contributed by atoms with van der Waals surface area (Å²) in [4.78, 5) is 117. The molecule has 0 aliphatic heterocycles. The van der Waals surface area contributed by atoms with Crippen LogP contribution < -0.4 is 21.3 Å². The molecule has 0 saturated carbocycles. The molecule has 0 aromatic carbocycles. The fraction of sp³-hybridized carbons (Fsp3) is 0.860. The van der Waals surface area contributed by atoms with Gasteiger partial charge in [0.25, 0.3) is 0 Å². The van der Waals surface area contributed by atoms with Crippen molar-refractivity contribution in [2.75, 3.05) is 65.9 Å².